The van der Waals surface area contributed by atoms with Crippen LogP contribution in [0, 0.1) is 17.2 Å². The van der Waals surface area contributed by atoms with Gasteiger partial charge in [0.25, 0.3) is 5.91 Å². The number of hydrogen-bond donors (Lipinski definition) is 4. The summed E-state index contributed by atoms with van der Waals surface area (Å²) in [6.45, 7) is 3.51. The predicted octanol–water partition coefficient (Wildman–Crippen LogP) is 0.955. The summed E-state index contributed by atoms with van der Waals surface area (Å²) >= 11 is 0. The molecule has 134 valence electrons. The Morgan fingerprint density at radius 3 is 2.92 bits per heavy atom. The smallest absolute Gasteiger partial charge is 0.253 e. The fraction of sp³-hybridized carbons (Fsp3) is 0.471. The minimum absolute atomic E-state index is 0.0673. The van der Waals surface area contributed by atoms with Crippen LogP contribution >= 0.6 is 0 Å². The van der Waals surface area contributed by atoms with Crippen LogP contribution in [0.2, 0.25) is 0 Å². The molecule has 2 atom stereocenters. The number of aliphatic hydroxyl groups is 1. The number of aliphatic hydroxyl groups excluding tert-OH is 1. The minimum Gasteiger partial charge on any atom is -0.395 e. The van der Waals surface area contributed by atoms with Crippen molar-refractivity contribution >= 4 is 22.8 Å². The largest absolute Gasteiger partial charge is 0.395 e. The summed E-state index contributed by atoms with van der Waals surface area (Å²) in [5.41, 5.74) is 0.248. The van der Waals surface area contributed by atoms with Gasteiger partial charge in [-0.3, -0.25) is 9.59 Å². The number of fused-ring (bicyclic) bond motifs is 1. The van der Waals surface area contributed by atoms with Crippen molar-refractivity contribution < 1.29 is 19.1 Å². The topological polar surface area (TPSA) is 107 Å². The summed E-state index contributed by atoms with van der Waals surface area (Å²) in [5.74, 6) is -0.986. The van der Waals surface area contributed by atoms with Crippen molar-refractivity contribution in [1.82, 2.24) is 20.6 Å². The lowest BCUT2D eigenvalue weighted by Crippen LogP contribution is -2.41. The second-order valence-electron chi connectivity index (χ2n) is 7.08. The number of amides is 2. The number of imidazole rings is 1. The van der Waals surface area contributed by atoms with Gasteiger partial charge in [0.15, 0.2) is 0 Å². The second-order valence-corrected chi connectivity index (χ2v) is 7.08. The van der Waals surface area contributed by atoms with Crippen LogP contribution in [-0.2, 0) is 4.79 Å². The van der Waals surface area contributed by atoms with Crippen LogP contribution in [0.5, 0.6) is 0 Å². The maximum Gasteiger partial charge on any atom is 0.253 e. The molecule has 4 N–H and O–H groups in total. The van der Waals surface area contributed by atoms with E-state index in [1.54, 1.807) is 13.8 Å². The van der Waals surface area contributed by atoms with Gasteiger partial charge in [-0.05, 0) is 38.3 Å². The number of aromatic amines is 1. The van der Waals surface area contributed by atoms with Gasteiger partial charge in [-0.2, -0.15) is 0 Å². The monoisotopic (exact) mass is 348 g/mol. The molecule has 1 aromatic heterocycles. The molecule has 0 spiro atoms. The van der Waals surface area contributed by atoms with Gasteiger partial charge in [0.2, 0.25) is 5.91 Å². The van der Waals surface area contributed by atoms with Crippen molar-refractivity contribution in [2.75, 3.05) is 13.2 Å². The Balaban J connectivity index is 1.57. The molecule has 0 bridgehead atoms. The van der Waals surface area contributed by atoms with Crippen molar-refractivity contribution in [2.45, 2.75) is 26.3 Å². The molecule has 8 heteroatoms. The Morgan fingerprint density at radius 1 is 1.44 bits per heavy atom. The molecular formula is C17H21FN4O3. The molecule has 1 aliphatic rings. The number of H-pyrrole nitrogens is 1. The van der Waals surface area contributed by atoms with Crippen LogP contribution in [-0.4, -0.2) is 46.1 Å². The van der Waals surface area contributed by atoms with Crippen LogP contribution in [0.1, 0.15) is 30.6 Å². The summed E-state index contributed by atoms with van der Waals surface area (Å²) in [6.07, 6.45) is 2.16. The third-order valence-corrected chi connectivity index (χ3v) is 4.51. The SMILES string of the molecule is CC(C)(CO)C(=O)NCC1CC1NC(=O)c1cc(F)cc2[nH]cnc12. The van der Waals surface area contributed by atoms with Crippen molar-refractivity contribution in [3.63, 3.8) is 0 Å². The highest BCUT2D eigenvalue weighted by atomic mass is 19.1. The first-order valence-corrected chi connectivity index (χ1v) is 8.14. The number of hydrogen-bond acceptors (Lipinski definition) is 4. The average molecular weight is 348 g/mol. The van der Waals surface area contributed by atoms with E-state index >= 15 is 0 Å². The molecule has 3 rings (SSSR count). The van der Waals surface area contributed by atoms with Crippen LogP contribution in [0.4, 0.5) is 4.39 Å². The number of nitrogens with zero attached hydrogens (tertiary/aromatic N) is 1. The molecule has 7 nitrogen and oxygen atoms in total. The predicted molar refractivity (Wildman–Crippen MR) is 89.3 cm³/mol. The molecule has 0 saturated heterocycles. The minimum atomic E-state index is -0.833. The third-order valence-electron chi connectivity index (χ3n) is 4.51. The zero-order chi connectivity index (χ0) is 18.2. The van der Waals surface area contributed by atoms with Gasteiger partial charge in [0.05, 0.1) is 29.4 Å². The van der Waals surface area contributed by atoms with Crippen molar-refractivity contribution in [3.05, 3.63) is 29.8 Å². The van der Waals surface area contributed by atoms with E-state index in [0.717, 1.165) is 6.42 Å². The first-order chi connectivity index (χ1) is 11.8. The zero-order valence-electron chi connectivity index (χ0n) is 14.1. The summed E-state index contributed by atoms with van der Waals surface area (Å²) in [4.78, 5) is 31.2. The van der Waals surface area contributed by atoms with E-state index in [1.807, 2.05) is 0 Å². The van der Waals surface area contributed by atoms with Gasteiger partial charge in [-0.1, -0.05) is 0 Å². The van der Waals surface area contributed by atoms with Gasteiger partial charge < -0.3 is 20.7 Å². The summed E-state index contributed by atoms with van der Waals surface area (Å²) < 4.78 is 13.6. The first-order valence-electron chi connectivity index (χ1n) is 8.14. The Morgan fingerprint density at radius 2 is 2.20 bits per heavy atom. The Labute approximate surface area is 144 Å². The van der Waals surface area contributed by atoms with E-state index < -0.39 is 11.2 Å². The highest BCUT2D eigenvalue weighted by molar-refractivity contribution is 6.05. The molecule has 0 aliphatic heterocycles. The van der Waals surface area contributed by atoms with Gasteiger partial charge >= 0.3 is 0 Å². The molecule has 1 fully saturated rings. The van der Waals surface area contributed by atoms with Gasteiger partial charge in [0, 0.05) is 12.6 Å². The van der Waals surface area contributed by atoms with E-state index in [0.29, 0.717) is 17.6 Å². The van der Waals surface area contributed by atoms with Crippen LogP contribution in [0.25, 0.3) is 11.0 Å². The van der Waals surface area contributed by atoms with E-state index in [2.05, 4.69) is 20.6 Å². The van der Waals surface area contributed by atoms with E-state index in [4.69, 9.17) is 0 Å². The normalized spacial score (nSPS) is 19.7. The van der Waals surface area contributed by atoms with Crippen molar-refractivity contribution in [1.29, 1.82) is 0 Å². The standard InChI is InChI=1S/C17H21FN4O3/c1-17(2,7-23)16(25)19-6-9-3-12(9)22-15(24)11-4-10(18)5-13-14(11)21-8-20-13/h4-5,8-9,12,23H,3,6-7H2,1-2H3,(H,19,25)(H,20,21)(H,22,24). The number of benzene rings is 1. The van der Waals surface area contributed by atoms with Gasteiger partial charge in [-0.15, -0.1) is 0 Å². The lowest BCUT2D eigenvalue weighted by molar-refractivity contribution is -0.131. The fourth-order valence-electron chi connectivity index (χ4n) is 2.62. The van der Waals surface area contributed by atoms with Gasteiger partial charge in [0.1, 0.15) is 11.3 Å². The number of halogens is 1. The highest BCUT2D eigenvalue weighted by Gasteiger charge is 2.39. The molecule has 1 heterocycles. The lowest BCUT2D eigenvalue weighted by atomic mass is 9.94. The highest BCUT2D eigenvalue weighted by Crippen LogP contribution is 2.30. The van der Waals surface area contributed by atoms with Crippen LogP contribution in [0.15, 0.2) is 18.5 Å². The van der Waals surface area contributed by atoms with E-state index in [9.17, 15) is 19.1 Å². The summed E-state index contributed by atoms with van der Waals surface area (Å²) in [5, 5.41) is 14.8. The first kappa shape index (κ1) is 17.3. The van der Waals surface area contributed by atoms with Crippen LogP contribution < -0.4 is 10.6 Å². The second kappa shape index (κ2) is 6.44. The van der Waals surface area contributed by atoms with Crippen molar-refractivity contribution in [3.8, 4) is 0 Å². The molecule has 2 aromatic rings. The van der Waals surface area contributed by atoms with E-state index in [-0.39, 0.29) is 35.9 Å². The molecule has 1 aliphatic carbocycles. The summed E-state index contributed by atoms with van der Waals surface area (Å²) in [7, 11) is 0. The molecule has 1 aromatic carbocycles. The molecule has 1 saturated carbocycles. The number of carbonyl (C=O) groups is 2. The average Bonchev–Trinajstić information content (AvgIpc) is 3.13. The fourth-order valence-corrected chi connectivity index (χ4v) is 2.62. The molecule has 2 amide bonds. The molecule has 25 heavy (non-hydrogen) atoms. The Kier molecular flexibility index (Phi) is 4.47. The molecule has 0 radical (unpaired) electrons. The Bertz CT molecular complexity index is 817. The molecule has 2 unspecified atom stereocenters. The van der Waals surface area contributed by atoms with Crippen LogP contribution in [0.3, 0.4) is 0 Å². The number of aromatic nitrogens is 2. The summed E-state index contributed by atoms with van der Waals surface area (Å²) in [6, 6.07) is 2.39. The quantitative estimate of drug-likeness (QED) is 0.623. The zero-order valence-corrected chi connectivity index (χ0v) is 14.1. The number of carbonyl (C=O) groups excluding carboxylic acids is 2. The van der Waals surface area contributed by atoms with Crippen molar-refractivity contribution in [2.24, 2.45) is 11.3 Å². The number of nitrogens with one attached hydrogen (secondary N) is 3. The third kappa shape index (κ3) is 3.63. The maximum absolute atomic E-state index is 13.6. The maximum atomic E-state index is 13.6. The van der Waals surface area contributed by atoms with Gasteiger partial charge in [-0.25, -0.2) is 9.37 Å². The molecular weight excluding hydrogens is 327 g/mol. The van der Waals surface area contributed by atoms with E-state index in [1.165, 1.54) is 18.5 Å². The lowest BCUT2D eigenvalue weighted by Gasteiger charge is -2.20. The Hall–Kier alpha value is -2.48. The number of rotatable bonds is 6.